The van der Waals surface area contributed by atoms with E-state index in [0.29, 0.717) is 16.9 Å². The standard InChI is InChI=1S/C16H11IO4/c17-10-4-3-5-11(8-10)20-9-13-12-6-1-2-7-14(12)21-15(13)16(18)19/h1-8H,9H2,(H,18,19). The van der Waals surface area contributed by atoms with Crippen LogP contribution in [0, 0.1) is 3.57 Å². The predicted octanol–water partition coefficient (Wildman–Crippen LogP) is 4.31. The summed E-state index contributed by atoms with van der Waals surface area (Å²) in [5.74, 6) is -0.460. The Kier molecular flexibility index (Phi) is 3.83. The van der Waals surface area contributed by atoms with Crippen molar-refractivity contribution in [2.45, 2.75) is 6.61 Å². The lowest BCUT2D eigenvalue weighted by molar-refractivity contribution is 0.0661. The van der Waals surface area contributed by atoms with Crippen molar-refractivity contribution in [3.8, 4) is 5.75 Å². The molecular weight excluding hydrogens is 383 g/mol. The van der Waals surface area contributed by atoms with Gasteiger partial charge < -0.3 is 14.3 Å². The fraction of sp³-hybridized carbons (Fsp3) is 0.0625. The molecule has 0 atom stereocenters. The molecule has 106 valence electrons. The molecule has 0 bridgehead atoms. The van der Waals surface area contributed by atoms with Crippen LogP contribution >= 0.6 is 22.6 Å². The van der Waals surface area contributed by atoms with Gasteiger partial charge in [0.05, 0.1) is 5.56 Å². The van der Waals surface area contributed by atoms with Crippen LogP contribution < -0.4 is 4.74 Å². The van der Waals surface area contributed by atoms with Crippen LogP contribution in [0.15, 0.2) is 52.9 Å². The third-order valence-electron chi connectivity index (χ3n) is 3.07. The molecular formula is C16H11IO4. The molecule has 0 amide bonds. The summed E-state index contributed by atoms with van der Waals surface area (Å²) in [5, 5.41) is 10.0. The largest absolute Gasteiger partial charge is 0.489 e. The minimum Gasteiger partial charge on any atom is -0.489 e. The lowest BCUT2D eigenvalue weighted by Gasteiger charge is -2.06. The Morgan fingerprint density at radius 2 is 2.00 bits per heavy atom. The van der Waals surface area contributed by atoms with Crippen molar-refractivity contribution in [1.29, 1.82) is 0 Å². The Morgan fingerprint density at radius 1 is 1.19 bits per heavy atom. The van der Waals surface area contributed by atoms with Gasteiger partial charge in [-0.3, -0.25) is 0 Å². The molecule has 4 nitrogen and oxygen atoms in total. The summed E-state index contributed by atoms with van der Waals surface area (Å²) in [6.45, 7) is 0.152. The molecule has 0 spiro atoms. The highest BCUT2D eigenvalue weighted by molar-refractivity contribution is 14.1. The predicted molar refractivity (Wildman–Crippen MR) is 86.7 cm³/mol. The number of hydrogen-bond donors (Lipinski definition) is 1. The van der Waals surface area contributed by atoms with Gasteiger partial charge in [-0.2, -0.15) is 0 Å². The fourth-order valence-electron chi connectivity index (χ4n) is 2.13. The Hall–Kier alpha value is -2.02. The van der Waals surface area contributed by atoms with Gasteiger partial charge in [-0.25, -0.2) is 4.79 Å². The van der Waals surface area contributed by atoms with Crippen molar-refractivity contribution >= 4 is 39.5 Å². The van der Waals surface area contributed by atoms with E-state index in [-0.39, 0.29) is 12.4 Å². The van der Waals surface area contributed by atoms with Crippen LogP contribution in [0.5, 0.6) is 5.75 Å². The molecule has 0 saturated heterocycles. The van der Waals surface area contributed by atoms with Gasteiger partial charge in [0, 0.05) is 8.96 Å². The zero-order valence-electron chi connectivity index (χ0n) is 10.9. The van der Waals surface area contributed by atoms with Crippen LogP contribution in [0.25, 0.3) is 11.0 Å². The molecule has 0 saturated carbocycles. The van der Waals surface area contributed by atoms with E-state index in [2.05, 4.69) is 22.6 Å². The summed E-state index contributed by atoms with van der Waals surface area (Å²) in [7, 11) is 0. The summed E-state index contributed by atoms with van der Waals surface area (Å²) < 4.78 is 12.1. The van der Waals surface area contributed by atoms with E-state index >= 15 is 0 Å². The maximum Gasteiger partial charge on any atom is 0.372 e. The van der Waals surface area contributed by atoms with Crippen molar-refractivity contribution in [3.63, 3.8) is 0 Å². The summed E-state index contributed by atoms with van der Waals surface area (Å²) in [6.07, 6.45) is 0. The molecule has 1 aromatic heterocycles. The van der Waals surface area contributed by atoms with E-state index < -0.39 is 5.97 Å². The Bertz CT molecular complexity index is 807. The second kappa shape index (κ2) is 5.77. The monoisotopic (exact) mass is 394 g/mol. The normalized spacial score (nSPS) is 10.7. The first-order chi connectivity index (χ1) is 10.1. The summed E-state index contributed by atoms with van der Waals surface area (Å²) in [6, 6.07) is 14.8. The molecule has 0 unspecified atom stereocenters. The lowest BCUT2D eigenvalue weighted by atomic mass is 10.1. The van der Waals surface area contributed by atoms with Gasteiger partial charge >= 0.3 is 5.97 Å². The molecule has 2 aromatic carbocycles. The quantitative estimate of drug-likeness (QED) is 0.670. The number of fused-ring (bicyclic) bond motifs is 1. The van der Waals surface area contributed by atoms with Crippen LogP contribution in [0.4, 0.5) is 0 Å². The number of rotatable bonds is 4. The van der Waals surface area contributed by atoms with Crippen LogP contribution in [0.2, 0.25) is 0 Å². The van der Waals surface area contributed by atoms with Gasteiger partial charge in [-0.15, -0.1) is 0 Å². The number of carboxylic acids is 1. The molecule has 5 heteroatoms. The molecule has 0 aliphatic rings. The molecule has 1 heterocycles. The Labute approximate surface area is 134 Å². The average Bonchev–Trinajstić information content (AvgIpc) is 2.84. The SMILES string of the molecule is O=C(O)c1oc2ccccc2c1COc1cccc(I)c1. The van der Waals surface area contributed by atoms with E-state index in [1.165, 1.54) is 0 Å². The van der Waals surface area contributed by atoms with Crippen LogP contribution in [-0.4, -0.2) is 11.1 Å². The minimum absolute atomic E-state index is 0.0678. The number of carboxylic acid groups (broad SMARTS) is 1. The number of ether oxygens (including phenoxy) is 1. The second-order valence-corrected chi connectivity index (χ2v) is 5.70. The maximum absolute atomic E-state index is 11.3. The highest BCUT2D eigenvalue weighted by Crippen LogP contribution is 2.27. The minimum atomic E-state index is -1.09. The van der Waals surface area contributed by atoms with Gasteiger partial charge in [0.1, 0.15) is 17.9 Å². The maximum atomic E-state index is 11.3. The lowest BCUT2D eigenvalue weighted by Crippen LogP contribution is -2.03. The van der Waals surface area contributed by atoms with Gasteiger partial charge in [0.25, 0.3) is 0 Å². The number of hydrogen-bond acceptors (Lipinski definition) is 3. The van der Waals surface area contributed by atoms with Gasteiger partial charge in [-0.05, 0) is 46.9 Å². The molecule has 3 rings (SSSR count). The summed E-state index contributed by atoms with van der Waals surface area (Å²) >= 11 is 2.20. The zero-order chi connectivity index (χ0) is 14.8. The van der Waals surface area contributed by atoms with Crippen molar-refractivity contribution in [3.05, 3.63) is 63.4 Å². The first kappa shape index (κ1) is 13.9. The number of halogens is 1. The number of benzene rings is 2. The van der Waals surface area contributed by atoms with Gasteiger partial charge in [0.15, 0.2) is 0 Å². The number of furan rings is 1. The third kappa shape index (κ3) is 2.87. The Morgan fingerprint density at radius 3 is 2.76 bits per heavy atom. The highest BCUT2D eigenvalue weighted by Gasteiger charge is 2.20. The van der Waals surface area contributed by atoms with Crippen LogP contribution in [0.3, 0.4) is 0 Å². The van der Waals surface area contributed by atoms with Crippen LogP contribution in [-0.2, 0) is 6.61 Å². The van der Waals surface area contributed by atoms with Gasteiger partial charge in [-0.1, -0.05) is 24.3 Å². The third-order valence-corrected chi connectivity index (χ3v) is 3.74. The van der Waals surface area contributed by atoms with Crippen LogP contribution in [0.1, 0.15) is 16.1 Å². The smallest absolute Gasteiger partial charge is 0.372 e. The van der Waals surface area contributed by atoms with Crippen molar-refractivity contribution in [2.24, 2.45) is 0 Å². The molecule has 21 heavy (non-hydrogen) atoms. The molecule has 3 aromatic rings. The van der Waals surface area contributed by atoms with E-state index in [1.54, 1.807) is 6.07 Å². The molecule has 0 aliphatic carbocycles. The van der Waals surface area contributed by atoms with Crippen molar-refractivity contribution < 1.29 is 19.1 Å². The van der Waals surface area contributed by atoms with E-state index in [1.807, 2.05) is 42.5 Å². The van der Waals surface area contributed by atoms with Crippen molar-refractivity contribution in [1.82, 2.24) is 0 Å². The van der Waals surface area contributed by atoms with Crippen molar-refractivity contribution in [2.75, 3.05) is 0 Å². The molecule has 1 N–H and O–H groups in total. The van der Waals surface area contributed by atoms with E-state index in [4.69, 9.17) is 9.15 Å². The average molecular weight is 394 g/mol. The first-order valence-electron chi connectivity index (χ1n) is 6.27. The topological polar surface area (TPSA) is 59.7 Å². The Balaban J connectivity index is 1.95. The van der Waals surface area contributed by atoms with E-state index in [0.717, 1.165) is 8.96 Å². The number of para-hydroxylation sites is 1. The fourth-order valence-corrected chi connectivity index (χ4v) is 2.64. The molecule has 0 radical (unpaired) electrons. The highest BCUT2D eigenvalue weighted by atomic mass is 127. The molecule has 0 fully saturated rings. The van der Waals surface area contributed by atoms with Gasteiger partial charge in [0.2, 0.25) is 5.76 Å². The first-order valence-corrected chi connectivity index (χ1v) is 7.35. The zero-order valence-corrected chi connectivity index (χ0v) is 13.0. The summed E-state index contributed by atoms with van der Waals surface area (Å²) in [4.78, 5) is 11.3. The number of carbonyl (C=O) groups is 1. The summed E-state index contributed by atoms with van der Waals surface area (Å²) in [5.41, 5.74) is 1.10. The van der Waals surface area contributed by atoms with E-state index in [9.17, 15) is 9.90 Å². The number of aromatic carboxylic acids is 1. The second-order valence-electron chi connectivity index (χ2n) is 4.46. The molecule has 0 aliphatic heterocycles.